The van der Waals surface area contributed by atoms with Crippen LogP contribution in [0.4, 0.5) is 5.69 Å². The Kier molecular flexibility index (Phi) is 5.92. The van der Waals surface area contributed by atoms with Gasteiger partial charge < -0.3 is 14.6 Å². The molecule has 4 nitrogen and oxygen atoms in total. The first-order valence-electron chi connectivity index (χ1n) is 11.0. The summed E-state index contributed by atoms with van der Waals surface area (Å²) in [6.45, 7) is 4.14. The van der Waals surface area contributed by atoms with Crippen LogP contribution in [0.25, 0.3) is 11.3 Å². The summed E-state index contributed by atoms with van der Waals surface area (Å²) in [5, 5.41) is 4.85. The minimum atomic E-state index is -0.186. The number of benzene rings is 2. The lowest BCUT2D eigenvalue weighted by atomic mass is 10.0. The van der Waals surface area contributed by atoms with E-state index in [1.807, 2.05) is 55.5 Å². The zero-order chi connectivity index (χ0) is 22.9. The fraction of sp³-hybridized carbons (Fsp3) is 0.185. The zero-order valence-corrected chi connectivity index (χ0v) is 20.0. The molecular weight excluding hydrogens is 450 g/mol. The standard InChI is InChI=1S/C27H24ClN3OS/c1-3-18-8-11-20(12-9-18)31-26(25(30-27(31)33)22-6-4-5-15-29-22)24-14-13-23(32-24)19-10-7-17(2)21(28)16-19/h4-16,25-26H,3H2,1-2H3,(H,30,33)/t25-,26+/m1/s1. The molecule has 6 heteroatoms. The minimum Gasteiger partial charge on any atom is -0.459 e. The van der Waals surface area contributed by atoms with E-state index in [0.717, 1.165) is 45.5 Å². The number of aryl methyl sites for hydroxylation is 2. The second-order valence-corrected chi connectivity index (χ2v) is 8.98. The van der Waals surface area contributed by atoms with Gasteiger partial charge in [0.2, 0.25) is 0 Å². The molecule has 0 unspecified atom stereocenters. The van der Waals surface area contributed by atoms with Gasteiger partial charge in [0.1, 0.15) is 17.6 Å². The molecule has 2 aromatic heterocycles. The molecule has 5 rings (SSSR count). The Balaban J connectivity index is 1.58. The van der Waals surface area contributed by atoms with Gasteiger partial charge in [-0.1, -0.05) is 48.9 Å². The summed E-state index contributed by atoms with van der Waals surface area (Å²) in [5.41, 5.74) is 5.19. The van der Waals surface area contributed by atoms with Crippen LogP contribution in [0.5, 0.6) is 0 Å². The highest BCUT2D eigenvalue weighted by atomic mass is 35.5. The lowest BCUT2D eigenvalue weighted by molar-refractivity contribution is 0.439. The number of halogens is 1. The second-order valence-electron chi connectivity index (χ2n) is 8.18. The number of pyridine rings is 1. The van der Waals surface area contributed by atoms with E-state index in [1.165, 1.54) is 5.56 Å². The summed E-state index contributed by atoms with van der Waals surface area (Å²) in [4.78, 5) is 6.73. The highest BCUT2D eigenvalue weighted by molar-refractivity contribution is 7.80. The SMILES string of the molecule is CCc1ccc(N2C(=S)N[C@H](c3ccccn3)[C@@H]2c2ccc(-c3ccc(C)c(Cl)c3)o2)cc1. The molecule has 0 amide bonds. The summed E-state index contributed by atoms with van der Waals surface area (Å²) in [5.74, 6) is 1.58. The predicted molar refractivity (Wildman–Crippen MR) is 138 cm³/mol. The van der Waals surface area contributed by atoms with E-state index in [9.17, 15) is 0 Å². The van der Waals surface area contributed by atoms with Gasteiger partial charge in [0.05, 0.1) is 11.7 Å². The number of nitrogens with zero attached hydrogens (tertiary/aromatic N) is 2. The maximum absolute atomic E-state index is 6.42. The normalized spacial score (nSPS) is 17.9. The Bertz CT molecular complexity index is 1290. The first-order chi connectivity index (χ1) is 16.0. The molecule has 4 aromatic rings. The lowest BCUT2D eigenvalue weighted by Crippen LogP contribution is -2.29. The van der Waals surface area contributed by atoms with Gasteiger partial charge in [-0.2, -0.15) is 0 Å². The zero-order valence-electron chi connectivity index (χ0n) is 18.5. The topological polar surface area (TPSA) is 41.3 Å². The summed E-state index contributed by atoms with van der Waals surface area (Å²) in [7, 11) is 0. The van der Waals surface area contributed by atoms with Crippen LogP contribution < -0.4 is 10.2 Å². The monoisotopic (exact) mass is 473 g/mol. The second kappa shape index (κ2) is 9.00. The van der Waals surface area contributed by atoms with Gasteiger partial charge in [0.25, 0.3) is 0 Å². The van der Waals surface area contributed by atoms with E-state index in [2.05, 4.69) is 46.4 Å². The Morgan fingerprint density at radius 2 is 1.88 bits per heavy atom. The van der Waals surface area contributed by atoms with E-state index >= 15 is 0 Å². The molecule has 0 bridgehead atoms. The van der Waals surface area contributed by atoms with Crippen LogP contribution >= 0.6 is 23.8 Å². The van der Waals surface area contributed by atoms with E-state index in [4.69, 9.17) is 28.2 Å². The van der Waals surface area contributed by atoms with E-state index in [0.29, 0.717) is 5.11 Å². The molecule has 3 heterocycles. The number of furan rings is 1. The van der Waals surface area contributed by atoms with Gasteiger partial charge in [-0.3, -0.25) is 4.98 Å². The smallest absolute Gasteiger partial charge is 0.174 e. The van der Waals surface area contributed by atoms with Crippen molar-refractivity contribution in [2.45, 2.75) is 32.4 Å². The van der Waals surface area contributed by atoms with Crippen LogP contribution in [0.2, 0.25) is 5.02 Å². The van der Waals surface area contributed by atoms with Gasteiger partial charge in [0.15, 0.2) is 5.11 Å². The Labute approximate surface area is 204 Å². The largest absolute Gasteiger partial charge is 0.459 e. The number of hydrogen-bond acceptors (Lipinski definition) is 3. The number of hydrogen-bond donors (Lipinski definition) is 1. The molecule has 0 spiro atoms. The maximum Gasteiger partial charge on any atom is 0.174 e. The molecule has 0 saturated carbocycles. The number of anilines is 1. The van der Waals surface area contributed by atoms with Crippen molar-refractivity contribution in [1.82, 2.24) is 10.3 Å². The average molecular weight is 474 g/mol. The van der Waals surface area contributed by atoms with Gasteiger partial charge >= 0.3 is 0 Å². The van der Waals surface area contributed by atoms with Crippen molar-refractivity contribution < 1.29 is 4.42 Å². The van der Waals surface area contributed by atoms with Gasteiger partial charge in [-0.05, 0) is 79.2 Å². The van der Waals surface area contributed by atoms with Crippen LogP contribution in [0, 0.1) is 6.92 Å². The molecule has 166 valence electrons. The average Bonchev–Trinajstić information content (AvgIpc) is 3.46. The fourth-order valence-corrected chi connectivity index (χ4v) is 4.75. The Morgan fingerprint density at radius 1 is 1.06 bits per heavy atom. The Morgan fingerprint density at radius 3 is 2.58 bits per heavy atom. The number of nitrogens with one attached hydrogen (secondary N) is 1. The minimum absolute atomic E-state index is 0.148. The van der Waals surface area contributed by atoms with Crippen molar-refractivity contribution in [1.29, 1.82) is 0 Å². The summed E-state index contributed by atoms with van der Waals surface area (Å²) < 4.78 is 6.42. The highest BCUT2D eigenvalue weighted by Gasteiger charge is 2.42. The van der Waals surface area contributed by atoms with E-state index in [1.54, 1.807) is 6.20 Å². The molecular formula is C27H24ClN3OS. The first-order valence-corrected chi connectivity index (χ1v) is 11.8. The maximum atomic E-state index is 6.42. The van der Waals surface area contributed by atoms with Gasteiger partial charge in [-0.25, -0.2) is 0 Å². The molecule has 1 saturated heterocycles. The van der Waals surface area contributed by atoms with Gasteiger partial charge in [-0.15, -0.1) is 0 Å². The third-order valence-electron chi connectivity index (χ3n) is 6.10. The van der Waals surface area contributed by atoms with Crippen molar-refractivity contribution in [2.75, 3.05) is 4.90 Å². The van der Waals surface area contributed by atoms with Crippen LogP contribution in [0.3, 0.4) is 0 Å². The van der Waals surface area contributed by atoms with Crippen molar-refractivity contribution in [3.05, 3.63) is 107 Å². The van der Waals surface area contributed by atoms with Crippen LogP contribution in [-0.2, 0) is 6.42 Å². The van der Waals surface area contributed by atoms with Crippen molar-refractivity contribution in [2.24, 2.45) is 0 Å². The molecule has 1 aliphatic rings. The van der Waals surface area contributed by atoms with Crippen LogP contribution in [0.1, 0.15) is 41.6 Å². The van der Waals surface area contributed by atoms with Crippen molar-refractivity contribution >= 4 is 34.6 Å². The molecule has 1 fully saturated rings. The third kappa shape index (κ3) is 4.14. The molecule has 0 radical (unpaired) electrons. The predicted octanol–water partition coefficient (Wildman–Crippen LogP) is 7.04. The van der Waals surface area contributed by atoms with Crippen molar-refractivity contribution in [3.63, 3.8) is 0 Å². The van der Waals surface area contributed by atoms with Gasteiger partial charge in [0, 0.05) is 22.5 Å². The third-order valence-corrected chi connectivity index (χ3v) is 6.82. The summed E-state index contributed by atoms with van der Waals surface area (Å²) >= 11 is 12.2. The molecule has 0 aliphatic carbocycles. The fourth-order valence-electron chi connectivity index (χ4n) is 4.23. The molecule has 33 heavy (non-hydrogen) atoms. The number of rotatable bonds is 5. The first kappa shape index (κ1) is 21.7. The van der Waals surface area contributed by atoms with Crippen LogP contribution in [0.15, 0.2) is 83.4 Å². The quantitative estimate of drug-likeness (QED) is 0.315. The highest BCUT2D eigenvalue weighted by Crippen LogP contribution is 2.43. The Hall–Kier alpha value is -3.15. The molecule has 2 atom stereocenters. The molecule has 1 aliphatic heterocycles. The van der Waals surface area contributed by atoms with Crippen molar-refractivity contribution in [3.8, 4) is 11.3 Å². The number of thiocarbonyl (C=S) groups is 1. The van der Waals surface area contributed by atoms with Crippen LogP contribution in [-0.4, -0.2) is 10.1 Å². The molecule has 2 aromatic carbocycles. The lowest BCUT2D eigenvalue weighted by Gasteiger charge is -2.26. The summed E-state index contributed by atoms with van der Waals surface area (Å²) in [6.07, 6.45) is 2.79. The van der Waals surface area contributed by atoms with E-state index < -0.39 is 0 Å². The summed E-state index contributed by atoms with van der Waals surface area (Å²) in [6, 6.07) is 24.1. The van der Waals surface area contributed by atoms with E-state index in [-0.39, 0.29) is 12.1 Å². The molecule has 1 N–H and O–H groups in total. The number of aromatic nitrogens is 1.